The molecule has 2 N–H and O–H groups in total. The van der Waals surface area contributed by atoms with Crippen molar-refractivity contribution in [2.75, 3.05) is 0 Å². The van der Waals surface area contributed by atoms with Crippen molar-refractivity contribution in [1.82, 2.24) is 15.1 Å². The van der Waals surface area contributed by atoms with Crippen LogP contribution in [-0.2, 0) is 13.5 Å². The monoisotopic (exact) mass is 253 g/mol. The second-order valence-electron chi connectivity index (χ2n) is 5.64. The lowest BCUT2D eigenvalue weighted by atomic mass is 9.86. The van der Waals surface area contributed by atoms with Gasteiger partial charge >= 0.3 is 0 Å². The maximum atomic E-state index is 12.2. The molecule has 1 rings (SSSR count). The molecule has 0 aliphatic heterocycles. The van der Waals surface area contributed by atoms with Crippen LogP contribution in [-0.4, -0.2) is 31.9 Å². The fourth-order valence-electron chi connectivity index (χ4n) is 1.41. The van der Waals surface area contributed by atoms with Crippen molar-refractivity contribution in [3.63, 3.8) is 0 Å². The Kier molecular flexibility index (Phi) is 3.86. The highest BCUT2D eigenvalue weighted by Crippen LogP contribution is 2.21. The lowest BCUT2D eigenvalue weighted by Gasteiger charge is -2.37. The van der Waals surface area contributed by atoms with Crippen LogP contribution < -0.4 is 5.32 Å². The van der Waals surface area contributed by atoms with Gasteiger partial charge in [0.1, 0.15) is 5.69 Å². The van der Waals surface area contributed by atoms with Gasteiger partial charge in [0, 0.05) is 7.05 Å². The number of aromatic nitrogens is 2. The van der Waals surface area contributed by atoms with Gasteiger partial charge in [0.2, 0.25) is 0 Å². The summed E-state index contributed by atoms with van der Waals surface area (Å²) < 4.78 is 1.56. The molecule has 1 amide bonds. The first kappa shape index (κ1) is 14.7. The molecule has 0 spiro atoms. The van der Waals surface area contributed by atoms with E-state index in [9.17, 15) is 9.90 Å². The van der Waals surface area contributed by atoms with Crippen molar-refractivity contribution >= 4 is 5.91 Å². The fourth-order valence-corrected chi connectivity index (χ4v) is 1.41. The molecular weight excluding hydrogens is 230 g/mol. The van der Waals surface area contributed by atoms with Crippen molar-refractivity contribution < 1.29 is 9.90 Å². The number of carbonyl (C=O) groups is 1. The highest BCUT2D eigenvalue weighted by molar-refractivity contribution is 5.93. The summed E-state index contributed by atoms with van der Waals surface area (Å²) >= 11 is 0. The second-order valence-corrected chi connectivity index (χ2v) is 5.64. The van der Waals surface area contributed by atoms with Gasteiger partial charge in [-0.15, -0.1) is 0 Å². The number of hydrogen-bond donors (Lipinski definition) is 2. The van der Waals surface area contributed by atoms with E-state index in [1.807, 2.05) is 6.92 Å². The topological polar surface area (TPSA) is 67.2 Å². The van der Waals surface area contributed by atoms with Crippen molar-refractivity contribution in [2.45, 2.75) is 52.2 Å². The fraction of sp³-hybridized carbons (Fsp3) is 0.692. The Morgan fingerprint density at radius 2 is 2.00 bits per heavy atom. The summed E-state index contributed by atoms with van der Waals surface area (Å²) in [5.74, 6) is -0.225. The molecule has 102 valence electrons. The summed E-state index contributed by atoms with van der Waals surface area (Å²) in [5.41, 5.74) is -0.344. The Morgan fingerprint density at radius 1 is 1.44 bits per heavy atom. The molecule has 0 unspecified atom stereocenters. The van der Waals surface area contributed by atoms with Crippen LogP contribution >= 0.6 is 0 Å². The maximum absolute atomic E-state index is 12.2. The van der Waals surface area contributed by atoms with E-state index in [0.717, 1.165) is 12.1 Å². The lowest BCUT2D eigenvalue weighted by Crippen LogP contribution is -2.57. The Bertz CT molecular complexity index is 442. The van der Waals surface area contributed by atoms with E-state index in [-0.39, 0.29) is 5.91 Å². The van der Waals surface area contributed by atoms with Gasteiger partial charge in [-0.3, -0.25) is 9.48 Å². The first-order valence-corrected chi connectivity index (χ1v) is 6.16. The largest absolute Gasteiger partial charge is 0.388 e. The molecule has 5 heteroatoms. The van der Waals surface area contributed by atoms with Crippen LogP contribution in [0.15, 0.2) is 6.07 Å². The molecular formula is C13H23N3O2. The zero-order valence-electron chi connectivity index (χ0n) is 12.0. The minimum atomic E-state index is -1.01. The summed E-state index contributed by atoms with van der Waals surface area (Å²) in [5, 5.41) is 17.1. The summed E-state index contributed by atoms with van der Waals surface area (Å²) in [6, 6.07) is 1.77. The molecule has 1 aromatic rings. The van der Waals surface area contributed by atoms with E-state index in [2.05, 4.69) is 10.4 Å². The molecule has 0 bridgehead atoms. The van der Waals surface area contributed by atoms with Crippen molar-refractivity contribution in [3.8, 4) is 0 Å². The molecule has 0 atom stereocenters. The van der Waals surface area contributed by atoms with E-state index >= 15 is 0 Å². The number of hydrogen-bond acceptors (Lipinski definition) is 3. The number of aryl methyl sites for hydroxylation is 2. The van der Waals surface area contributed by atoms with Crippen molar-refractivity contribution in [3.05, 3.63) is 17.5 Å². The average molecular weight is 253 g/mol. The number of nitrogens with zero attached hydrogens (tertiary/aromatic N) is 2. The van der Waals surface area contributed by atoms with Crippen LogP contribution in [0, 0.1) is 0 Å². The first-order valence-electron chi connectivity index (χ1n) is 6.16. The highest BCUT2D eigenvalue weighted by atomic mass is 16.3. The molecule has 0 aliphatic rings. The Hall–Kier alpha value is -1.36. The van der Waals surface area contributed by atoms with Crippen LogP contribution in [0.3, 0.4) is 0 Å². The van der Waals surface area contributed by atoms with Gasteiger partial charge in [0.25, 0.3) is 5.91 Å². The van der Waals surface area contributed by atoms with E-state index < -0.39 is 11.1 Å². The van der Waals surface area contributed by atoms with Crippen LogP contribution in [0.1, 0.15) is 50.8 Å². The van der Waals surface area contributed by atoms with Crippen LogP contribution in [0.5, 0.6) is 0 Å². The number of carbonyl (C=O) groups excluding carboxylic acids is 1. The molecule has 1 heterocycles. The normalized spacial score (nSPS) is 12.6. The third-order valence-electron chi connectivity index (χ3n) is 3.48. The third kappa shape index (κ3) is 2.90. The number of amides is 1. The van der Waals surface area contributed by atoms with Crippen LogP contribution in [0.2, 0.25) is 0 Å². The highest BCUT2D eigenvalue weighted by Gasteiger charge is 2.37. The Balaban J connectivity index is 2.92. The average Bonchev–Trinajstić information content (AvgIpc) is 2.57. The quantitative estimate of drug-likeness (QED) is 0.849. The predicted octanol–water partition coefficient (Wildman–Crippen LogP) is 1.26. The van der Waals surface area contributed by atoms with Gasteiger partial charge in [-0.2, -0.15) is 5.10 Å². The van der Waals surface area contributed by atoms with Crippen LogP contribution in [0.4, 0.5) is 0 Å². The van der Waals surface area contributed by atoms with Gasteiger partial charge in [-0.25, -0.2) is 0 Å². The van der Waals surface area contributed by atoms with Gasteiger partial charge in [0.15, 0.2) is 0 Å². The minimum absolute atomic E-state index is 0.225. The van der Waals surface area contributed by atoms with Gasteiger partial charge < -0.3 is 10.4 Å². The number of rotatable bonds is 4. The van der Waals surface area contributed by atoms with E-state index in [0.29, 0.717) is 5.69 Å². The molecule has 0 fully saturated rings. The Morgan fingerprint density at radius 3 is 2.39 bits per heavy atom. The number of nitrogens with one attached hydrogen (secondary N) is 1. The molecule has 0 saturated heterocycles. The van der Waals surface area contributed by atoms with Gasteiger partial charge in [0.05, 0.1) is 16.8 Å². The molecule has 18 heavy (non-hydrogen) atoms. The first-order chi connectivity index (χ1) is 8.08. The van der Waals surface area contributed by atoms with E-state index in [4.69, 9.17) is 0 Å². The smallest absolute Gasteiger partial charge is 0.270 e. The van der Waals surface area contributed by atoms with Gasteiger partial charge in [-0.05, 0) is 40.2 Å². The lowest BCUT2D eigenvalue weighted by molar-refractivity contribution is -0.00310. The standard InChI is InChI=1S/C13H23N3O2/c1-7-9-8-10(16(6)15-9)11(17)14-12(2,3)13(4,5)18/h8,18H,7H2,1-6H3,(H,14,17). The number of aliphatic hydroxyl groups is 1. The van der Waals surface area contributed by atoms with Gasteiger partial charge in [-0.1, -0.05) is 6.92 Å². The van der Waals surface area contributed by atoms with E-state index in [1.165, 1.54) is 0 Å². The zero-order valence-corrected chi connectivity index (χ0v) is 12.0. The van der Waals surface area contributed by atoms with Crippen molar-refractivity contribution in [2.24, 2.45) is 7.05 Å². The molecule has 0 saturated carbocycles. The summed E-state index contributed by atoms with van der Waals surface area (Å²) in [7, 11) is 1.74. The summed E-state index contributed by atoms with van der Waals surface area (Å²) in [6.45, 7) is 8.93. The molecule has 1 aromatic heterocycles. The summed E-state index contributed by atoms with van der Waals surface area (Å²) in [4.78, 5) is 12.2. The molecule has 0 aromatic carbocycles. The zero-order chi connectivity index (χ0) is 14.1. The third-order valence-corrected chi connectivity index (χ3v) is 3.48. The second kappa shape index (κ2) is 4.72. The molecule has 5 nitrogen and oxygen atoms in total. The van der Waals surface area contributed by atoms with Crippen molar-refractivity contribution in [1.29, 1.82) is 0 Å². The van der Waals surface area contributed by atoms with Crippen LogP contribution in [0.25, 0.3) is 0 Å². The van der Waals surface area contributed by atoms with E-state index in [1.54, 1.807) is 45.5 Å². The predicted molar refractivity (Wildman–Crippen MR) is 70.4 cm³/mol. The minimum Gasteiger partial charge on any atom is -0.388 e. The molecule has 0 radical (unpaired) electrons. The Labute approximate surface area is 108 Å². The molecule has 0 aliphatic carbocycles. The SMILES string of the molecule is CCc1cc(C(=O)NC(C)(C)C(C)(C)O)n(C)n1. The summed E-state index contributed by atoms with van der Waals surface area (Å²) in [6.07, 6.45) is 0.788. The maximum Gasteiger partial charge on any atom is 0.270 e.